The largest absolute Gasteiger partial charge is 0.469 e. The normalized spacial score (nSPS) is 82.0. The molecule has 0 aliphatic heterocycles. The summed E-state index contributed by atoms with van der Waals surface area (Å²) in [5, 5.41) is 0. The van der Waals surface area contributed by atoms with Gasteiger partial charge in [0, 0.05) is 0 Å². The minimum absolute atomic E-state index is 0.00535. The van der Waals surface area contributed by atoms with Gasteiger partial charge in [0.1, 0.15) is 0 Å². The molecule has 0 spiro atoms. The average molecular weight is 197 g/mol. The predicted octanol–water partition coefficient (Wildman–Crippen LogP) is 0.889. The summed E-state index contributed by atoms with van der Waals surface area (Å²) < 4.78 is 4.91. The summed E-state index contributed by atoms with van der Waals surface area (Å²) in [7, 11) is 1.51. The summed E-state index contributed by atoms with van der Waals surface area (Å²) in [5.74, 6) is 4.08. The molecular weight excluding hydrogens is 188 g/mol. The second-order valence-corrected chi connectivity index (χ2v) is 6.06. The lowest BCUT2D eigenvalue weighted by Gasteiger charge is -3.08. The molecule has 6 saturated carbocycles. The van der Waals surface area contributed by atoms with Gasteiger partial charge >= 0.3 is 5.97 Å². The number of rotatable bonds is 1. The molecule has 0 aromatic heterocycles. The summed E-state index contributed by atoms with van der Waals surface area (Å²) >= 11 is 6.44. The van der Waals surface area contributed by atoms with Crippen LogP contribution < -0.4 is 0 Å². The highest BCUT2D eigenvalue weighted by Gasteiger charge is 3.11. The zero-order valence-electron chi connectivity index (χ0n) is 7.16. The van der Waals surface area contributed by atoms with Crippen molar-refractivity contribution in [1.82, 2.24) is 0 Å². The third-order valence-corrected chi connectivity index (χ3v) is 6.80. The van der Waals surface area contributed by atoms with Crippen LogP contribution in [0.2, 0.25) is 0 Å². The van der Waals surface area contributed by atoms with Gasteiger partial charge in [0.25, 0.3) is 0 Å². The number of halogens is 1. The zero-order chi connectivity index (χ0) is 8.75. The summed E-state index contributed by atoms with van der Waals surface area (Å²) in [4.78, 5) is 11.8. The van der Waals surface area contributed by atoms with Crippen LogP contribution in [0.4, 0.5) is 0 Å². The Balaban J connectivity index is 1.65. The Bertz CT molecular complexity index is 335. The van der Waals surface area contributed by atoms with Crippen LogP contribution in [0.25, 0.3) is 0 Å². The minimum atomic E-state index is 0.00535. The molecule has 6 rings (SSSR count). The molecule has 2 nitrogen and oxygen atoms in total. The van der Waals surface area contributed by atoms with Gasteiger partial charge in [-0.15, -0.1) is 11.6 Å². The van der Waals surface area contributed by atoms with E-state index in [1.54, 1.807) is 0 Å². The van der Waals surface area contributed by atoms with Crippen LogP contribution in [0, 0.1) is 40.9 Å². The van der Waals surface area contributed by atoms with E-state index in [1.807, 2.05) is 0 Å². The van der Waals surface area contributed by atoms with Gasteiger partial charge < -0.3 is 4.74 Å². The smallest absolute Gasteiger partial charge is 0.312 e. The molecule has 0 heterocycles. The number of carbonyl (C=O) groups is 1. The van der Waals surface area contributed by atoms with E-state index in [9.17, 15) is 4.79 Å². The van der Waals surface area contributed by atoms with Gasteiger partial charge in [-0.05, 0) is 35.5 Å². The highest BCUT2D eigenvalue weighted by atomic mass is 35.5. The molecule has 0 atom stereocenters. The van der Waals surface area contributed by atoms with Gasteiger partial charge in [-0.1, -0.05) is 0 Å². The Kier molecular flexibility index (Phi) is 0.577. The number of ether oxygens (including phenoxy) is 1. The van der Waals surface area contributed by atoms with Crippen molar-refractivity contribution >= 4 is 17.6 Å². The number of hydrogen-bond donors (Lipinski definition) is 0. The number of methoxy groups -OCH3 is 1. The van der Waals surface area contributed by atoms with Crippen LogP contribution in [0.1, 0.15) is 0 Å². The van der Waals surface area contributed by atoms with Crippen LogP contribution in [-0.2, 0) is 9.53 Å². The van der Waals surface area contributed by atoms with Gasteiger partial charge in [0.2, 0.25) is 0 Å². The second-order valence-electron chi connectivity index (χ2n) is 5.41. The van der Waals surface area contributed by atoms with Crippen LogP contribution in [0.3, 0.4) is 0 Å². The van der Waals surface area contributed by atoms with Gasteiger partial charge in [-0.25, -0.2) is 0 Å². The number of hydrogen-bond acceptors (Lipinski definition) is 2. The molecule has 13 heavy (non-hydrogen) atoms. The molecule has 0 amide bonds. The number of esters is 1. The highest BCUT2D eigenvalue weighted by Crippen LogP contribution is 3.08. The fourth-order valence-electron chi connectivity index (χ4n) is 5.98. The first-order valence-corrected chi connectivity index (χ1v) is 5.37. The van der Waals surface area contributed by atoms with Crippen molar-refractivity contribution in [2.45, 2.75) is 4.87 Å². The van der Waals surface area contributed by atoms with Crippen molar-refractivity contribution in [3.63, 3.8) is 0 Å². The third-order valence-electron chi connectivity index (χ3n) is 6.05. The Morgan fingerprint density at radius 1 is 1.15 bits per heavy atom. The van der Waals surface area contributed by atoms with Gasteiger partial charge in [-0.3, -0.25) is 4.79 Å². The first-order valence-electron chi connectivity index (χ1n) is 4.99. The molecular formula is C10H9ClO2. The molecule has 0 unspecified atom stereocenters. The highest BCUT2D eigenvalue weighted by molar-refractivity contribution is 6.29. The third kappa shape index (κ3) is 0.244. The Morgan fingerprint density at radius 2 is 1.62 bits per heavy atom. The van der Waals surface area contributed by atoms with Gasteiger partial charge in [0.15, 0.2) is 0 Å². The molecule has 0 aromatic rings. The topological polar surface area (TPSA) is 26.3 Å². The Labute approximate surface area is 80.6 Å². The van der Waals surface area contributed by atoms with E-state index in [1.165, 1.54) is 7.11 Å². The maximum absolute atomic E-state index is 11.6. The van der Waals surface area contributed by atoms with E-state index >= 15 is 0 Å². The van der Waals surface area contributed by atoms with E-state index < -0.39 is 0 Å². The molecule has 6 fully saturated rings. The van der Waals surface area contributed by atoms with Crippen molar-refractivity contribution in [2.75, 3.05) is 7.11 Å². The SMILES string of the molecule is COC(=O)C12C3C4C1C1C2C3C41Cl. The summed E-state index contributed by atoms with van der Waals surface area (Å²) in [6.07, 6.45) is 0. The van der Waals surface area contributed by atoms with E-state index in [4.69, 9.17) is 16.3 Å². The monoisotopic (exact) mass is 196 g/mol. The van der Waals surface area contributed by atoms with Crippen LogP contribution in [0.5, 0.6) is 0 Å². The lowest BCUT2D eigenvalue weighted by molar-refractivity contribution is -0.583. The first kappa shape index (κ1) is 6.28. The summed E-state index contributed by atoms with van der Waals surface area (Å²) in [5.41, 5.74) is 0.00535. The molecule has 0 radical (unpaired) electrons. The van der Waals surface area contributed by atoms with E-state index in [2.05, 4.69) is 0 Å². The fourth-order valence-corrected chi connectivity index (χ4v) is 6.80. The molecule has 6 aliphatic carbocycles. The zero-order valence-corrected chi connectivity index (χ0v) is 7.91. The molecule has 0 aromatic carbocycles. The standard InChI is InChI=1S/C10H9ClO2/c1-13-8(12)9-2-5-3(9)7-4(9)6(2)10(5,7)11/h2-7H,1H3. The van der Waals surface area contributed by atoms with Crippen molar-refractivity contribution in [1.29, 1.82) is 0 Å². The molecule has 0 saturated heterocycles. The predicted molar refractivity (Wildman–Crippen MR) is 44.0 cm³/mol. The van der Waals surface area contributed by atoms with E-state index in [-0.39, 0.29) is 16.3 Å². The summed E-state index contributed by atoms with van der Waals surface area (Å²) in [6.45, 7) is 0. The molecule has 0 N–H and O–H groups in total. The Morgan fingerprint density at radius 3 is 2.00 bits per heavy atom. The minimum Gasteiger partial charge on any atom is -0.469 e. The van der Waals surface area contributed by atoms with E-state index in [0.29, 0.717) is 35.5 Å². The van der Waals surface area contributed by atoms with Gasteiger partial charge in [-0.2, -0.15) is 0 Å². The molecule has 0 bridgehead atoms. The van der Waals surface area contributed by atoms with Gasteiger partial charge in [0.05, 0.1) is 17.4 Å². The number of carbonyl (C=O) groups excluding carboxylic acids is 1. The van der Waals surface area contributed by atoms with Crippen molar-refractivity contribution in [3.05, 3.63) is 0 Å². The fraction of sp³-hybridized carbons (Fsp3) is 0.900. The van der Waals surface area contributed by atoms with Crippen LogP contribution in [0.15, 0.2) is 0 Å². The lowest BCUT2D eigenvalue weighted by atomic mass is 8.96. The number of alkyl halides is 1. The quantitative estimate of drug-likeness (QED) is 0.460. The maximum atomic E-state index is 11.6. The Hall–Kier alpha value is -0.240. The average Bonchev–Trinajstić information content (AvgIpc) is 2.18. The second kappa shape index (κ2) is 1.19. The molecule has 6 aliphatic rings. The maximum Gasteiger partial charge on any atom is 0.312 e. The lowest BCUT2D eigenvalue weighted by Crippen LogP contribution is -3.12. The summed E-state index contributed by atoms with van der Waals surface area (Å²) in [6, 6.07) is 0. The van der Waals surface area contributed by atoms with Crippen molar-refractivity contribution in [2.24, 2.45) is 40.9 Å². The van der Waals surface area contributed by atoms with Crippen LogP contribution >= 0.6 is 11.6 Å². The molecule has 68 valence electrons. The first-order chi connectivity index (χ1) is 6.21. The molecule has 3 heteroatoms. The van der Waals surface area contributed by atoms with Crippen molar-refractivity contribution in [3.8, 4) is 0 Å². The van der Waals surface area contributed by atoms with Crippen molar-refractivity contribution < 1.29 is 9.53 Å². The van der Waals surface area contributed by atoms with Crippen LogP contribution in [-0.4, -0.2) is 18.0 Å². The van der Waals surface area contributed by atoms with E-state index in [0.717, 1.165) is 0 Å².